The van der Waals surface area contributed by atoms with E-state index < -0.39 is 31.6 Å². The summed E-state index contributed by atoms with van der Waals surface area (Å²) in [4.78, 5) is 30.8. The van der Waals surface area contributed by atoms with E-state index in [1.54, 1.807) is 11.0 Å². The molecule has 180 valence electrons. The summed E-state index contributed by atoms with van der Waals surface area (Å²) >= 11 is 0. The van der Waals surface area contributed by atoms with Crippen molar-refractivity contribution in [2.75, 3.05) is 13.1 Å². The third kappa shape index (κ3) is 4.75. The van der Waals surface area contributed by atoms with Crippen LogP contribution in [0.2, 0.25) is 0 Å². The van der Waals surface area contributed by atoms with Crippen molar-refractivity contribution in [3.8, 4) is 0 Å². The van der Waals surface area contributed by atoms with Crippen LogP contribution >= 0.6 is 0 Å². The van der Waals surface area contributed by atoms with E-state index in [0.29, 0.717) is 32.4 Å². The maximum absolute atomic E-state index is 13.7. The summed E-state index contributed by atoms with van der Waals surface area (Å²) in [5.41, 5.74) is 0.268. The topological polar surface area (TPSA) is 110 Å². The van der Waals surface area contributed by atoms with Gasteiger partial charge in [-0.15, -0.1) is 6.58 Å². The number of hydroxylamine groups is 1. The van der Waals surface area contributed by atoms with Crippen molar-refractivity contribution < 1.29 is 23.0 Å². The fourth-order valence-corrected chi connectivity index (χ4v) is 6.52. The van der Waals surface area contributed by atoms with Crippen molar-refractivity contribution in [1.29, 1.82) is 0 Å². The van der Waals surface area contributed by atoms with Gasteiger partial charge in [-0.25, -0.2) is 8.42 Å². The van der Waals surface area contributed by atoms with Crippen molar-refractivity contribution in [3.05, 3.63) is 82.9 Å². The lowest BCUT2D eigenvalue weighted by atomic mass is 9.79. The van der Waals surface area contributed by atoms with E-state index >= 15 is 0 Å². The molecular weight excluding hydrogens is 458 g/mol. The van der Waals surface area contributed by atoms with Crippen molar-refractivity contribution in [1.82, 2.24) is 9.37 Å². The van der Waals surface area contributed by atoms with E-state index in [9.17, 15) is 23.3 Å². The van der Waals surface area contributed by atoms with Gasteiger partial charge in [0.2, 0.25) is 5.91 Å². The molecule has 1 heterocycles. The molecule has 0 spiro atoms. The summed E-state index contributed by atoms with van der Waals surface area (Å²) in [5, 5.41) is 11.6. The quantitative estimate of drug-likeness (QED) is 0.305. The van der Waals surface area contributed by atoms with E-state index in [1.165, 1.54) is 24.3 Å². The number of nitro groups is 1. The highest BCUT2D eigenvalue weighted by atomic mass is 32.2. The molecule has 0 N–H and O–H groups in total. The molecule has 1 saturated heterocycles. The van der Waals surface area contributed by atoms with Crippen molar-refractivity contribution in [2.24, 2.45) is 11.8 Å². The Hall–Kier alpha value is -3.08. The van der Waals surface area contributed by atoms with Gasteiger partial charge < -0.3 is 4.90 Å². The second-order valence-corrected chi connectivity index (χ2v) is 10.4. The summed E-state index contributed by atoms with van der Waals surface area (Å²) in [6, 6.07) is 13.8. The zero-order valence-electron chi connectivity index (χ0n) is 18.7. The molecule has 3 atom stereocenters. The molecule has 34 heavy (non-hydrogen) atoms. The SMILES string of the molecule is C=CCN1C[C@@H]2C[C@@H](N(OCc3ccccc3)S(=O)(=O)c3ccccc3[N+](=O)[O-])CC[C@@H]2C1=O. The molecule has 4 rings (SSSR count). The summed E-state index contributed by atoms with van der Waals surface area (Å²) in [5.74, 6) is -0.0995. The molecule has 2 aliphatic rings. The maximum Gasteiger partial charge on any atom is 0.289 e. The monoisotopic (exact) mass is 485 g/mol. The lowest BCUT2D eigenvalue weighted by Gasteiger charge is -2.36. The van der Waals surface area contributed by atoms with Crippen molar-refractivity contribution in [3.63, 3.8) is 0 Å². The van der Waals surface area contributed by atoms with Crippen LogP contribution in [0.5, 0.6) is 0 Å². The zero-order chi connectivity index (χ0) is 24.3. The van der Waals surface area contributed by atoms with E-state index in [2.05, 4.69) is 6.58 Å². The lowest BCUT2D eigenvalue weighted by Crippen LogP contribution is -2.44. The molecule has 2 aromatic carbocycles. The standard InChI is InChI=1S/C24H27N3O6S/c1-2-14-25-16-19-15-20(12-13-21(19)24(25)28)27(33-17-18-8-4-3-5-9-18)34(31,32)23-11-7-6-10-22(23)26(29)30/h2-11,19-21H,1,12-17H2/t19-,20-,21-/m0/s1. The molecule has 0 unspecified atom stereocenters. The number of amides is 1. The van der Waals surface area contributed by atoms with Crippen molar-refractivity contribution in [2.45, 2.75) is 36.8 Å². The first-order chi connectivity index (χ1) is 16.3. The Morgan fingerprint density at radius 1 is 1.15 bits per heavy atom. The summed E-state index contributed by atoms with van der Waals surface area (Å²) in [6.07, 6.45) is 3.06. The smallest absolute Gasteiger partial charge is 0.289 e. The minimum absolute atomic E-state index is 0.00713. The zero-order valence-corrected chi connectivity index (χ0v) is 19.5. The molecular formula is C24H27N3O6S. The summed E-state index contributed by atoms with van der Waals surface area (Å²) in [7, 11) is -4.36. The second kappa shape index (κ2) is 10.0. The van der Waals surface area contributed by atoms with E-state index in [-0.39, 0.29) is 24.3 Å². The van der Waals surface area contributed by atoms with Gasteiger partial charge in [0.25, 0.3) is 15.7 Å². The first-order valence-electron chi connectivity index (χ1n) is 11.2. The number of fused-ring (bicyclic) bond motifs is 1. The highest BCUT2D eigenvalue weighted by molar-refractivity contribution is 7.89. The first kappa shape index (κ1) is 24.1. The third-order valence-electron chi connectivity index (χ3n) is 6.46. The van der Waals surface area contributed by atoms with E-state index in [4.69, 9.17) is 4.84 Å². The van der Waals surface area contributed by atoms with E-state index in [0.717, 1.165) is 10.0 Å². The van der Waals surface area contributed by atoms with Gasteiger partial charge in [-0.2, -0.15) is 0 Å². The Morgan fingerprint density at radius 2 is 1.85 bits per heavy atom. The summed E-state index contributed by atoms with van der Waals surface area (Å²) < 4.78 is 28.4. The maximum atomic E-state index is 13.7. The van der Waals surface area contributed by atoms with Crippen LogP contribution in [0, 0.1) is 22.0 Å². The van der Waals surface area contributed by atoms with Crippen LogP contribution in [-0.2, 0) is 26.3 Å². The third-order valence-corrected chi connectivity index (χ3v) is 8.24. The predicted octanol–water partition coefficient (Wildman–Crippen LogP) is 3.53. The van der Waals surface area contributed by atoms with Crippen LogP contribution < -0.4 is 0 Å². The molecule has 2 aromatic rings. The Bertz CT molecular complexity index is 1170. The van der Waals surface area contributed by atoms with Gasteiger partial charge in [0.15, 0.2) is 4.90 Å². The fraction of sp³-hybridized carbons (Fsp3) is 0.375. The normalized spacial score (nSPS) is 22.6. The van der Waals surface area contributed by atoms with Crippen molar-refractivity contribution >= 4 is 21.6 Å². The number of para-hydroxylation sites is 1. The minimum atomic E-state index is -4.36. The molecule has 2 fully saturated rings. The molecule has 1 aliphatic heterocycles. The van der Waals surface area contributed by atoms with Gasteiger partial charge in [-0.1, -0.05) is 53.0 Å². The van der Waals surface area contributed by atoms with Gasteiger partial charge in [0.05, 0.1) is 17.6 Å². The van der Waals surface area contributed by atoms with Gasteiger partial charge >= 0.3 is 0 Å². The number of nitrogens with zero attached hydrogens (tertiary/aromatic N) is 3. The highest BCUT2D eigenvalue weighted by Gasteiger charge is 2.47. The fourth-order valence-electron chi connectivity index (χ4n) is 4.89. The Kier molecular flexibility index (Phi) is 7.11. The molecule has 0 bridgehead atoms. The number of nitro benzene ring substituents is 1. The molecule has 1 saturated carbocycles. The highest BCUT2D eigenvalue weighted by Crippen LogP contribution is 2.41. The number of hydrogen-bond acceptors (Lipinski definition) is 6. The van der Waals surface area contributed by atoms with Gasteiger partial charge in [-0.3, -0.25) is 19.7 Å². The van der Waals surface area contributed by atoms with Crippen LogP contribution in [0.1, 0.15) is 24.8 Å². The molecule has 1 amide bonds. The molecule has 0 aromatic heterocycles. The van der Waals surface area contributed by atoms with Crippen LogP contribution in [0.25, 0.3) is 0 Å². The van der Waals surface area contributed by atoms with E-state index in [1.807, 2.05) is 30.3 Å². The van der Waals surface area contributed by atoms with Crippen LogP contribution in [0.4, 0.5) is 5.69 Å². The largest absolute Gasteiger partial charge is 0.338 e. The second-order valence-electron chi connectivity index (χ2n) is 8.61. The molecule has 10 heteroatoms. The Labute approximate surface area is 198 Å². The number of rotatable bonds is 9. The lowest BCUT2D eigenvalue weighted by molar-refractivity contribution is -0.388. The Morgan fingerprint density at radius 3 is 2.56 bits per heavy atom. The average molecular weight is 486 g/mol. The number of carbonyl (C=O) groups is 1. The van der Waals surface area contributed by atoms with Gasteiger partial charge in [0, 0.05) is 25.1 Å². The number of benzene rings is 2. The van der Waals surface area contributed by atoms with Gasteiger partial charge in [0.1, 0.15) is 0 Å². The average Bonchev–Trinajstić information content (AvgIpc) is 3.14. The number of sulfonamides is 1. The molecule has 1 aliphatic carbocycles. The predicted molar refractivity (Wildman–Crippen MR) is 125 cm³/mol. The molecule has 9 nitrogen and oxygen atoms in total. The van der Waals surface area contributed by atoms with Crippen LogP contribution in [0.3, 0.4) is 0 Å². The van der Waals surface area contributed by atoms with Crippen LogP contribution in [-0.4, -0.2) is 47.7 Å². The number of carbonyl (C=O) groups excluding carboxylic acids is 1. The Balaban J connectivity index is 1.64. The minimum Gasteiger partial charge on any atom is -0.338 e. The summed E-state index contributed by atoms with van der Waals surface area (Å²) in [6.45, 7) is 4.69. The van der Waals surface area contributed by atoms with Gasteiger partial charge in [-0.05, 0) is 36.8 Å². The van der Waals surface area contributed by atoms with Crippen LogP contribution in [0.15, 0.2) is 72.1 Å². The number of likely N-dealkylation sites (tertiary alicyclic amines) is 1. The number of hydrogen-bond donors (Lipinski definition) is 0. The first-order valence-corrected chi connectivity index (χ1v) is 12.6. The molecule has 0 radical (unpaired) electrons.